The molecule has 1 atom stereocenters. The maximum atomic E-state index is 5.40. The monoisotopic (exact) mass is 249 g/mol. The van der Waals surface area contributed by atoms with Gasteiger partial charge in [-0.05, 0) is 13.8 Å². The van der Waals surface area contributed by atoms with Crippen LogP contribution in [0.5, 0.6) is 0 Å². The van der Waals surface area contributed by atoms with Crippen molar-refractivity contribution in [3.05, 3.63) is 0 Å². The molecule has 0 aliphatic rings. The number of ether oxygens (including phenoxy) is 4. The smallest absolute Gasteiger partial charge is 0.0701 e. The Hall–Kier alpha value is -0.200. The molecule has 0 rings (SSSR count). The van der Waals surface area contributed by atoms with Crippen LogP contribution in [0, 0.1) is 0 Å². The summed E-state index contributed by atoms with van der Waals surface area (Å²) in [5.41, 5.74) is 0. The Morgan fingerprint density at radius 2 is 1.59 bits per heavy atom. The van der Waals surface area contributed by atoms with Crippen molar-refractivity contribution in [3.8, 4) is 0 Å². The van der Waals surface area contributed by atoms with Crippen molar-refractivity contribution in [2.45, 2.75) is 19.9 Å². The van der Waals surface area contributed by atoms with E-state index >= 15 is 0 Å². The summed E-state index contributed by atoms with van der Waals surface area (Å²) >= 11 is 0. The third-order valence-corrected chi connectivity index (χ3v) is 2.11. The first-order chi connectivity index (χ1) is 8.31. The van der Waals surface area contributed by atoms with Crippen LogP contribution < -0.4 is 5.32 Å². The molecule has 0 amide bonds. The van der Waals surface area contributed by atoms with E-state index in [0.29, 0.717) is 39.1 Å². The van der Waals surface area contributed by atoms with Gasteiger partial charge in [-0.3, -0.25) is 0 Å². The van der Waals surface area contributed by atoms with Gasteiger partial charge in [0.15, 0.2) is 0 Å². The maximum Gasteiger partial charge on any atom is 0.0701 e. The first-order valence-electron chi connectivity index (χ1n) is 6.26. The number of rotatable bonds is 13. The van der Waals surface area contributed by atoms with Crippen molar-refractivity contribution in [3.63, 3.8) is 0 Å². The molecule has 17 heavy (non-hydrogen) atoms. The first-order valence-corrected chi connectivity index (χ1v) is 6.26. The molecule has 0 aliphatic heterocycles. The zero-order valence-corrected chi connectivity index (χ0v) is 11.4. The molecule has 0 saturated heterocycles. The molecule has 5 nitrogen and oxygen atoms in total. The first kappa shape index (κ1) is 16.8. The third-order valence-electron chi connectivity index (χ3n) is 2.11. The SMILES string of the molecule is CCOCC(C)NCCOCCOCCOC. The second-order valence-corrected chi connectivity index (χ2v) is 3.73. The highest BCUT2D eigenvalue weighted by molar-refractivity contribution is 4.58. The highest BCUT2D eigenvalue weighted by Crippen LogP contribution is 1.84. The Bertz CT molecular complexity index is 146. The van der Waals surface area contributed by atoms with Crippen molar-refractivity contribution in [1.82, 2.24) is 5.32 Å². The van der Waals surface area contributed by atoms with E-state index in [1.807, 2.05) is 6.92 Å². The minimum absolute atomic E-state index is 0.372. The van der Waals surface area contributed by atoms with Crippen LogP contribution in [0.4, 0.5) is 0 Å². The summed E-state index contributed by atoms with van der Waals surface area (Å²) in [5, 5.41) is 3.32. The Morgan fingerprint density at radius 1 is 0.941 bits per heavy atom. The molecule has 0 bridgehead atoms. The minimum atomic E-state index is 0.372. The minimum Gasteiger partial charge on any atom is -0.382 e. The Balaban J connectivity index is 3.02. The van der Waals surface area contributed by atoms with Crippen molar-refractivity contribution >= 4 is 0 Å². The second-order valence-electron chi connectivity index (χ2n) is 3.73. The summed E-state index contributed by atoms with van der Waals surface area (Å²) in [6.07, 6.45) is 0. The molecular formula is C12H27NO4. The lowest BCUT2D eigenvalue weighted by molar-refractivity contribution is 0.0246. The van der Waals surface area contributed by atoms with Gasteiger partial charge in [-0.1, -0.05) is 0 Å². The largest absolute Gasteiger partial charge is 0.382 e. The van der Waals surface area contributed by atoms with Gasteiger partial charge in [-0.2, -0.15) is 0 Å². The molecule has 0 spiro atoms. The predicted octanol–water partition coefficient (Wildman–Crippen LogP) is 0.681. The van der Waals surface area contributed by atoms with Crippen LogP contribution in [0.2, 0.25) is 0 Å². The lowest BCUT2D eigenvalue weighted by Crippen LogP contribution is -2.33. The van der Waals surface area contributed by atoms with Crippen LogP contribution in [0.15, 0.2) is 0 Å². The summed E-state index contributed by atoms with van der Waals surface area (Å²) in [6.45, 7) is 9.67. The molecular weight excluding hydrogens is 222 g/mol. The molecule has 0 aromatic rings. The van der Waals surface area contributed by atoms with Gasteiger partial charge in [0.2, 0.25) is 0 Å². The van der Waals surface area contributed by atoms with E-state index in [-0.39, 0.29) is 0 Å². The summed E-state index contributed by atoms with van der Waals surface area (Å²) in [6, 6.07) is 0.372. The Labute approximate surface area is 105 Å². The molecule has 0 aromatic carbocycles. The Morgan fingerprint density at radius 3 is 2.24 bits per heavy atom. The molecule has 5 heteroatoms. The van der Waals surface area contributed by atoms with E-state index in [9.17, 15) is 0 Å². The van der Waals surface area contributed by atoms with E-state index in [1.54, 1.807) is 7.11 Å². The van der Waals surface area contributed by atoms with E-state index in [4.69, 9.17) is 18.9 Å². The highest BCUT2D eigenvalue weighted by atomic mass is 16.5. The molecule has 1 unspecified atom stereocenters. The fourth-order valence-corrected chi connectivity index (χ4v) is 1.20. The zero-order valence-electron chi connectivity index (χ0n) is 11.4. The molecule has 0 aliphatic carbocycles. The average Bonchev–Trinajstić information content (AvgIpc) is 2.34. The molecule has 104 valence electrons. The van der Waals surface area contributed by atoms with E-state index in [1.165, 1.54) is 0 Å². The lowest BCUT2D eigenvalue weighted by Gasteiger charge is -2.13. The molecule has 0 aromatic heterocycles. The van der Waals surface area contributed by atoms with Crippen molar-refractivity contribution in [1.29, 1.82) is 0 Å². The molecule has 0 fully saturated rings. The van der Waals surface area contributed by atoms with Crippen molar-refractivity contribution < 1.29 is 18.9 Å². The fourth-order valence-electron chi connectivity index (χ4n) is 1.20. The van der Waals surface area contributed by atoms with Crippen LogP contribution in [0.25, 0.3) is 0 Å². The standard InChI is InChI=1S/C12H27NO4/c1-4-15-11-12(2)13-5-6-16-9-10-17-8-7-14-3/h12-13H,4-11H2,1-3H3. The summed E-state index contributed by atoms with van der Waals surface area (Å²) in [7, 11) is 1.66. The average molecular weight is 249 g/mol. The number of hydrogen-bond acceptors (Lipinski definition) is 5. The van der Waals surface area contributed by atoms with Crippen LogP contribution in [-0.4, -0.2) is 65.9 Å². The van der Waals surface area contributed by atoms with Crippen LogP contribution in [0.3, 0.4) is 0 Å². The molecule has 0 saturated carbocycles. The van der Waals surface area contributed by atoms with Gasteiger partial charge in [0, 0.05) is 26.3 Å². The van der Waals surface area contributed by atoms with Crippen LogP contribution in [0.1, 0.15) is 13.8 Å². The van der Waals surface area contributed by atoms with Crippen LogP contribution in [-0.2, 0) is 18.9 Å². The van der Waals surface area contributed by atoms with Gasteiger partial charge in [-0.25, -0.2) is 0 Å². The van der Waals surface area contributed by atoms with Gasteiger partial charge >= 0.3 is 0 Å². The number of hydrogen-bond donors (Lipinski definition) is 1. The summed E-state index contributed by atoms with van der Waals surface area (Å²) in [5.74, 6) is 0. The van der Waals surface area contributed by atoms with Gasteiger partial charge in [0.25, 0.3) is 0 Å². The third kappa shape index (κ3) is 13.7. The van der Waals surface area contributed by atoms with Crippen LogP contribution >= 0.6 is 0 Å². The van der Waals surface area contributed by atoms with E-state index in [2.05, 4.69) is 12.2 Å². The molecule has 0 radical (unpaired) electrons. The maximum absolute atomic E-state index is 5.40. The normalized spacial score (nSPS) is 12.9. The quantitative estimate of drug-likeness (QED) is 0.486. The van der Waals surface area contributed by atoms with Gasteiger partial charge in [0.1, 0.15) is 0 Å². The number of nitrogens with one attached hydrogen (secondary N) is 1. The summed E-state index contributed by atoms with van der Waals surface area (Å²) in [4.78, 5) is 0. The van der Waals surface area contributed by atoms with Gasteiger partial charge in [-0.15, -0.1) is 0 Å². The molecule has 0 heterocycles. The predicted molar refractivity (Wildman–Crippen MR) is 67.5 cm³/mol. The topological polar surface area (TPSA) is 49.0 Å². The van der Waals surface area contributed by atoms with Crippen molar-refractivity contribution in [2.24, 2.45) is 0 Å². The van der Waals surface area contributed by atoms with Gasteiger partial charge < -0.3 is 24.3 Å². The number of methoxy groups -OCH3 is 1. The second kappa shape index (κ2) is 13.9. The van der Waals surface area contributed by atoms with Gasteiger partial charge in [0.05, 0.1) is 39.6 Å². The van der Waals surface area contributed by atoms with E-state index in [0.717, 1.165) is 19.8 Å². The zero-order chi connectivity index (χ0) is 12.8. The van der Waals surface area contributed by atoms with Crippen molar-refractivity contribution in [2.75, 3.05) is 59.9 Å². The summed E-state index contributed by atoms with van der Waals surface area (Å²) < 4.78 is 20.8. The van der Waals surface area contributed by atoms with E-state index < -0.39 is 0 Å². The lowest BCUT2D eigenvalue weighted by atomic mass is 10.3. The molecule has 1 N–H and O–H groups in total. The fraction of sp³-hybridized carbons (Fsp3) is 1.00. The Kier molecular flexibility index (Phi) is 13.7. The highest BCUT2D eigenvalue weighted by Gasteiger charge is 1.99.